The van der Waals surface area contributed by atoms with Gasteiger partial charge in [0.1, 0.15) is 5.75 Å². The Kier molecular flexibility index (Phi) is 2.73. The number of benzene rings is 1. The molecular weight excluding hydrogens is 174 g/mol. The Bertz CT molecular complexity index is 294. The lowest BCUT2D eigenvalue weighted by molar-refractivity contribution is 0.414. The number of hydrogen-bond acceptors (Lipinski definition) is 2. The fourth-order valence-corrected chi connectivity index (χ4v) is 2.07. The first-order valence-electron chi connectivity index (χ1n) is 5.17. The molecule has 2 atom stereocenters. The van der Waals surface area contributed by atoms with Crippen LogP contribution in [0.25, 0.3) is 0 Å². The summed E-state index contributed by atoms with van der Waals surface area (Å²) in [4.78, 5) is 0. The zero-order valence-electron chi connectivity index (χ0n) is 8.79. The molecule has 1 aromatic carbocycles. The molecular formula is C12H17NO. The van der Waals surface area contributed by atoms with Crippen molar-refractivity contribution in [3.05, 3.63) is 29.8 Å². The molecule has 1 aliphatic rings. The molecule has 1 N–H and O–H groups in total. The largest absolute Gasteiger partial charge is 0.497 e. The van der Waals surface area contributed by atoms with Crippen molar-refractivity contribution < 1.29 is 4.74 Å². The lowest BCUT2D eigenvalue weighted by atomic mass is 9.97. The molecule has 0 spiro atoms. The molecule has 0 aromatic heterocycles. The Morgan fingerprint density at radius 3 is 2.50 bits per heavy atom. The van der Waals surface area contributed by atoms with Crippen LogP contribution in [-0.4, -0.2) is 19.7 Å². The summed E-state index contributed by atoms with van der Waals surface area (Å²) in [5, 5.41) is 3.47. The van der Waals surface area contributed by atoms with Gasteiger partial charge in [-0.2, -0.15) is 0 Å². The van der Waals surface area contributed by atoms with Gasteiger partial charge >= 0.3 is 0 Å². The average Bonchev–Trinajstić information content (AvgIpc) is 2.65. The van der Waals surface area contributed by atoms with Crippen molar-refractivity contribution in [3.63, 3.8) is 0 Å². The SMILES string of the molecule is COc1ccc([C@@H]2CN[C@H](C)C2)cc1. The van der Waals surface area contributed by atoms with Gasteiger partial charge in [-0.15, -0.1) is 0 Å². The van der Waals surface area contributed by atoms with Crippen LogP contribution in [0.1, 0.15) is 24.8 Å². The van der Waals surface area contributed by atoms with Crippen LogP contribution < -0.4 is 10.1 Å². The van der Waals surface area contributed by atoms with Crippen LogP contribution in [0.2, 0.25) is 0 Å². The predicted molar refractivity (Wildman–Crippen MR) is 57.8 cm³/mol. The second kappa shape index (κ2) is 4.01. The van der Waals surface area contributed by atoms with Crippen LogP contribution in [-0.2, 0) is 0 Å². The molecule has 1 aromatic rings. The van der Waals surface area contributed by atoms with E-state index in [0.717, 1.165) is 12.3 Å². The van der Waals surface area contributed by atoms with E-state index in [1.807, 2.05) is 12.1 Å². The van der Waals surface area contributed by atoms with Gasteiger partial charge < -0.3 is 10.1 Å². The van der Waals surface area contributed by atoms with Crippen LogP contribution in [0.5, 0.6) is 5.75 Å². The van der Waals surface area contributed by atoms with E-state index < -0.39 is 0 Å². The first kappa shape index (κ1) is 9.53. The standard InChI is InChI=1S/C12H17NO/c1-9-7-11(8-13-9)10-3-5-12(14-2)6-4-10/h3-6,9,11,13H,7-8H2,1-2H3/t9-,11+/m1/s1. The zero-order valence-corrected chi connectivity index (χ0v) is 8.79. The van der Waals surface area contributed by atoms with Gasteiger partial charge in [0.2, 0.25) is 0 Å². The van der Waals surface area contributed by atoms with E-state index in [-0.39, 0.29) is 0 Å². The van der Waals surface area contributed by atoms with Gasteiger partial charge in [-0.1, -0.05) is 12.1 Å². The summed E-state index contributed by atoms with van der Waals surface area (Å²) in [5.74, 6) is 1.61. The highest BCUT2D eigenvalue weighted by Crippen LogP contribution is 2.26. The van der Waals surface area contributed by atoms with Crippen LogP contribution in [0.4, 0.5) is 0 Å². The Labute approximate surface area is 85.3 Å². The molecule has 0 radical (unpaired) electrons. The molecule has 2 rings (SSSR count). The van der Waals surface area contributed by atoms with Gasteiger partial charge in [0.15, 0.2) is 0 Å². The maximum Gasteiger partial charge on any atom is 0.118 e. The van der Waals surface area contributed by atoms with E-state index in [1.54, 1.807) is 7.11 Å². The number of methoxy groups -OCH3 is 1. The molecule has 0 bridgehead atoms. The lowest BCUT2D eigenvalue weighted by Crippen LogP contribution is -2.16. The third-order valence-corrected chi connectivity index (χ3v) is 2.94. The summed E-state index contributed by atoms with van der Waals surface area (Å²) >= 11 is 0. The third kappa shape index (κ3) is 1.90. The molecule has 0 unspecified atom stereocenters. The minimum atomic E-state index is 0.655. The van der Waals surface area contributed by atoms with E-state index in [0.29, 0.717) is 12.0 Å². The van der Waals surface area contributed by atoms with Crippen LogP contribution in [0.3, 0.4) is 0 Å². The minimum absolute atomic E-state index is 0.655. The molecule has 76 valence electrons. The summed E-state index contributed by atoms with van der Waals surface area (Å²) in [6.07, 6.45) is 1.24. The molecule has 0 amide bonds. The van der Waals surface area contributed by atoms with E-state index in [9.17, 15) is 0 Å². The molecule has 14 heavy (non-hydrogen) atoms. The van der Waals surface area contributed by atoms with E-state index in [2.05, 4.69) is 24.4 Å². The first-order chi connectivity index (χ1) is 6.79. The second-order valence-electron chi connectivity index (χ2n) is 4.02. The van der Waals surface area contributed by atoms with Crippen molar-refractivity contribution in [2.45, 2.75) is 25.3 Å². The molecule has 0 aliphatic carbocycles. The normalized spacial score (nSPS) is 26.4. The smallest absolute Gasteiger partial charge is 0.118 e. The first-order valence-corrected chi connectivity index (χ1v) is 5.17. The number of rotatable bonds is 2. The molecule has 2 heteroatoms. The van der Waals surface area contributed by atoms with Gasteiger partial charge in [0, 0.05) is 12.6 Å². The minimum Gasteiger partial charge on any atom is -0.497 e. The van der Waals surface area contributed by atoms with Crippen LogP contribution in [0.15, 0.2) is 24.3 Å². The second-order valence-corrected chi connectivity index (χ2v) is 4.02. The summed E-state index contributed by atoms with van der Waals surface area (Å²) in [6, 6.07) is 9.07. The summed E-state index contributed by atoms with van der Waals surface area (Å²) in [6.45, 7) is 3.34. The van der Waals surface area contributed by atoms with Gasteiger partial charge in [-0.3, -0.25) is 0 Å². The van der Waals surface area contributed by atoms with Gasteiger partial charge in [-0.25, -0.2) is 0 Å². The fraction of sp³-hybridized carbons (Fsp3) is 0.500. The van der Waals surface area contributed by atoms with E-state index in [4.69, 9.17) is 4.74 Å². The van der Waals surface area contributed by atoms with Crippen molar-refractivity contribution in [1.29, 1.82) is 0 Å². The highest BCUT2D eigenvalue weighted by Gasteiger charge is 2.21. The molecule has 1 saturated heterocycles. The highest BCUT2D eigenvalue weighted by atomic mass is 16.5. The van der Waals surface area contributed by atoms with Crippen molar-refractivity contribution in [2.75, 3.05) is 13.7 Å². The van der Waals surface area contributed by atoms with Crippen LogP contribution >= 0.6 is 0 Å². The predicted octanol–water partition coefficient (Wildman–Crippen LogP) is 2.16. The maximum atomic E-state index is 5.14. The monoisotopic (exact) mass is 191 g/mol. The Morgan fingerprint density at radius 2 is 2.00 bits per heavy atom. The number of hydrogen-bond donors (Lipinski definition) is 1. The quantitative estimate of drug-likeness (QED) is 0.773. The Morgan fingerprint density at radius 1 is 1.29 bits per heavy atom. The van der Waals surface area contributed by atoms with E-state index >= 15 is 0 Å². The summed E-state index contributed by atoms with van der Waals surface area (Å²) < 4.78 is 5.14. The maximum absolute atomic E-state index is 5.14. The van der Waals surface area contributed by atoms with Crippen molar-refractivity contribution in [3.8, 4) is 5.75 Å². The van der Waals surface area contributed by atoms with Gasteiger partial charge in [0.05, 0.1) is 7.11 Å². The zero-order chi connectivity index (χ0) is 9.97. The highest BCUT2D eigenvalue weighted by molar-refractivity contribution is 5.30. The lowest BCUT2D eigenvalue weighted by Gasteiger charge is -2.09. The van der Waals surface area contributed by atoms with Gasteiger partial charge in [-0.05, 0) is 37.0 Å². The molecule has 1 fully saturated rings. The van der Waals surface area contributed by atoms with Crippen molar-refractivity contribution in [1.82, 2.24) is 5.32 Å². The number of ether oxygens (including phenoxy) is 1. The van der Waals surface area contributed by atoms with E-state index in [1.165, 1.54) is 12.0 Å². The van der Waals surface area contributed by atoms with Gasteiger partial charge in [0.25, 0.3) is 0 Å². The van der Waals surface area contributed by atoms with Crippen molar-refractivity contribution in [2.24, 2.45) is 0 Å². The molecule has 1 heterocycles. The number of nitrogens with one attached hydrogen (secondary N) is 1. The average molecular weight is 191 g/mol. The summed E-state index contributed by atoms with van der Waals surface area (Å²) in [7, 11) is 1.70. The van der Waals surface area contributed by atoms with Crippen LogP contribution in [0, 0.1) is 0 Å². The fourth-order valence-electron chi connectivity index (χ4n) is 2.07. The molecule has 1 aliphatic heterocycles. The van der Waals surface area contributed by atoms with Crippen molar-refractivity contribution >= 4 is 0 Å². The summed E-state index contributed by atoms with van der Waals surface area (Å²) in [5.41, 5.74) is 1.42. The molecule has 2 nitrogen and oxygen atoms in total. The Hall–Kier alpha value is -1.02. The molecule has 0 saturated carbocycles. The third-order valence-electron chi connectivity index (χ3n) is 2.94. The Balaban J connectivity index is 2.09. The topological polar surface area (TPSA) is 21.3 Å².